The number of carboxylic acid groups (broad SMARTS) is 1. The van der Waals surface area contributed by atoms with Gasteiger partial charge in [0.15, 0.2) is 0 Å². The molecule has 3 nitrogen and oxygen atoms in total. The summed E-state index contributed by atoms with van der Waals surface area (Å²) >= 11 is 6.33. The van der Waals surface area contributed by atoms with Gasteiger partial charge in [-0.3, -0.25) is 4.79 Å². The van der Waals surface area contributed by atoms with E-state index < -0.39 is 11.4 Å². The smallest absolute Gasteiger partial charge is 0.309 e. The van der Waals surface area contributed by atoms with E-state index in [-0.39, 0.29) is 0 Å². The van der Waals surface area contributed by atoms with Crippen LogP contribution in [0.4, 0.5) is 5.69 Å². The van der Waals surface area contributed by atoms with Gasteiger partial charge in [-0.05, 0) is 50.8 Å². The first kappa shape index (κ1) is 14.2. The van der Waals surface area contributed by atoms with Crippen molar-refractivity contribution in [2.75, 3.05) is 18.0 Å². The van der Waals surface area contributed by atoms with E-state index in [1.165, 1.54) is 12.8 Å². The highest BCUT2D eigenvalue weighted by atomic mass is 35.5. The van der Waals surface area contributed by atoms with Crippen molar-refractivity contribution in [3.63, 3.8) is 0 Å². The van der Waals surface area contributed by atoms with Crippen LogP contribution in [0, 0.1) is 5.41 Å². The average molecular weight is 282 g/mol. The van der Waals surface area contributed by atoms with Crippen molar-refractivity contribution in [3.8, 4) is 0 Å². The normalized spacial score (nSPS) is 15.8. The Labute approximate surface area is 119 Å². The number of benzene rings is 1. The number of anilines is 1. The van der Waals surface area contributed by atoms with Gasteiger partial charge in [-0.25, -0.2) is 0 Å². The zero-order valence-electron chi connectivity index (χ0n) is 11.4. The minimum atomic E-state index is -0.785. The molecule has 1 aliphatic rings. The molecule has 0 aromatic heterocycles. The molecule has 1 aromatic carbocycles. The first-order valence-corrected chi connectivity index (χ1v) is 7.05. The monoisotopic (exact) mass is 281 g/mol. The maximum Gasteiger partial charge on any atom is 0.309 e. The van der Waals surface area contributed by atoms with E-state index in [1.54, 1.807) is 13.8 Å². The summed E-state index contributed by atoms with van der Waals surface area (Å²) in [5.41, 5.74) is 1.27. The highest BCUT2D eigenvalue weighted by Gasteiger charge is 2.27. The Morgan fingerprint density at radius 3 is 2.53 bits per heavy atom. The van der Waals surface area contributed by atoms with Gasteiger partial charge in [-0.15, -0.1) is 0 Å². The summed E-state index contributed by atoms with van der Waals surface area (Å²) in [6.07, 6.45) is 2.91. The van der Waals surface area contributed by atoms with Gasteiger partial charge in [-0.1, -0.05) is 17.7 Å². The van der Waals surface area contributed by atoms with Crippen molar-refractivity contribution < 1.29 is 9.90 Å². The third-order valence-electron chi connectivity index (χ3n) is 3.68. The fourth-order valence-corrected chi connectivity index (χ4v) is 2.78. The molecule has 0 amide bonds. The fraction of sp³-hybridized carbons (Fsp3) is 0.533. The second-order valence-electron chi connectivity index (χ2n) is 5.85. The van der Waals surface area contributed by atoms with E-state index in [9.17, 15) is 4.79 Å². The summed E-state index contributed by atoms with van der Waals surface area (Å²) in [5.74, 6) is -0.785. The number of hydrogen-bond acceptors (Lipinski definition) is 2. The van der Waals surface area contributed by atoms with E-state index in [0.29, 0.717) is 6.42 Å². The maximum atomic E-state index is 11.1. The van der Waals surface area contributed by atoms with Crippen LogP contribution < -0.4 is 4.90 Å². The fourth-order valence-electron chi connectivity index (χ4n) is 2.46. The molecule has 1 aliphatic heterocycles. The van der Waals surface area contributed by atoms with Crippen LogP contribution in [0.1, 0.15) is 32.3 Å². The quantitative estimate of drug-likeness (QED) is 0.917. The van der Waals surface area contributed by atoms with Gasteiger partial charge >= 0.3 is 5.97 Å². The summed E-state index contributed by atoms with van der Waals surface area (Å²) in [6, 6.07) is 5.91. The number of nitrogens with zero attached hydrogens (tertiary/aromatic N) is 1. The van der Waals surface area contributed by atoms with Gasteiger partial charge in [0, 0.05) is 13.1 Å². The molecule has 0 radical (unpaired) electrons. The van der Waals surface area contributed by atoms with Crippen LogP contribution in [0.25, 0.3) is 0 Å². The van der Waals surface area contributed by atoms with Crippen LogP contribution in [0.15, 0.2) is 18.2 Å². The number of carbonyl (C=O) groups is 1. The molecule has 0 atom stereocenters. The van der Waals surface area contributed by atoms with Crippen molar-refractivity contribution in [2.24, 2.45) is 5.41 Å². The summed E-state index contributed by atoms with van der Waals surface area (Å²) < 4.78 is 0. The highest BCUT2D eigenvalue weighted by Crippen LogP contribution is 2.31. The summed E-state index contributed by atoms with van der Waals surface area (Å²) in [4.78, 5) is 13.4. The Bertz CT molecular complexity index is 479. The van der Waals surface area contributed by atoms with Gasteiger partial charge < -0.3 is 10.0 Å². The Morgan fingerprint density at radius 2 is 2.00 bits per heavy atom. The van der Waals surface area contributed by atoms with Gasteiger partial charge in [0.25, 0.3) is 0 Å². The zero-order valence-corrected chi connectivity index (χ0v) is 12.2. The summed E-state index contributed by atoms with van der Waals surface area (Å²) in [5, 5.41) is 9.88. The van der Waals surface area contributed by atoms with Crippen molar-refractivity contribution >= 4 is 23.3 Å². The topological polar surface area (TPSA) is 40.5 Å². The van der Waals surface area contributed by atoms with Crippen molar-refractivity contribution in [1.82, 2.24) is 0 Å². The molecule has 104 valence electrons. The van der Waals surface area contributed by atoms with E-state index in [4.69, 9.17) is 16.7 Å². The SMILES string of the molecule is CC(C)(Cc1ccc(N2CCCC2)c(Cl)c1)C(=O)O. The number of rotatable bonds is 4. The number of halogens is 1. The van der Waals surface area contributed by atoms with Gasteiger partial charge in [-0.2, -0.15) is 0 Å². The molecule has 19 heavy (non-hydrogen) atoms. The van der Waals surface area contributed by atoms with Crippen LogP contribution in [-0.2, 0) is 11.2 Å². The predicted octanol–water partition coefficient (Wildman–Crippen LogP) is 3.59. The summed E-state index contributed by atoms with van der Waals surface area (Å²) in [6.45, 7) is 5.58. The molecule has 1 fully saturated rings. The van der Waals surface area contributed by atoms with E-state index >= 15 is 0 Å². The van der Waals surface area contributed by atoms with Crippen LogP contribution >= 0.6 is 11.6 Å². The Balaban J connectivity index is 2.17. The Kier molecular flexibility index (Phi) is 4.04. The molecule has 0 spiro atoms. The maximum absolute atomic E-state index is 11.1. The lowest BCUT2D eigenvalue weighted by atomic mass is 9.86. The molecule has 2 rings (SSSR count). The van der Waals surface area contributed by atoms with E-state index in [1.807, 2.05) is 18.2 Å². The van der Waals surface area contributed by atoms with Gasteiger partial charge in [0.1, 0.15) is 0 Å². The predicted molar refractivity (Wildman–Crippen MR) is 78.0 cm³/mol. The minimum absolute atomic E-state index is 0.488. The van der Waals surface area contributed by atoms with E-state index in [2.05, 4.69) is 4.90 Å². The van der Waals surface area contributed by atoms with Crippen LogP contribution in [0.3, 0.4) is 0 Å². The molecule has 0 saturated carbocycles. The molecule has 1 aromatic rings. The third-order valence-corrected chi connectivity index (χ3v) is 3.99. The lowest BCUT2D eigenvalue weighted by Crippen LogP contribution is -2.26. The van der Waals surface area contributed by atoms with Crippen LogP contribution in [-0.4, -0.2) is 24.2 Å². The Morgan fingerprint density at radius 1 is 1.37 bits per heavy atom. The van der Waals surface area contributed by atoms with Crippen LogP contribution in [0.2, 0.25) is 5.02 Å². The third kappa shape index (κ3) is 3.21. The number of hydrogen-bond donors (Lipinski definition) is 1. The molecule has 4 heteroatoms. The minimum Gasteiger partial charge on any atom is -0.481 e. The number of carboxylic acids is 1. The first-order chi connectivity index (χ1) is 8.90. The lowest BCUT2D eigenvalue weighted by Gasteiger charge is -2.22. The average Bonchev–Trinajstić information content (AvgIpc) is 2.81. The second-order valence-corrected chi connectivity index (χ2v) is 6.25. The molecule has 1 N–H and O–H groups in total. The highest BCUT2D eigenvalue weighted by molar-refractivity contribution is 6.33. The number of aliphatic carboxylic acids is 1. The molecule has 1 saturated heterocycles. The summed E-state index contributed by atoms with van der Waals surface area (Å²) in [7, 11) is 0. The van der Waals surface area contributed by atoms with Crippen molar-refractivity contribution in [3.05, 3.63) is 28.8 Å². The molecule has 0 aliphatic carbocycles. The second kappa shape index (κ2) is 5.41. The van der Waals surface area contributed by atoms with Crippen LogP contribution in [0.5, 0.6) is 0 Å². The van der Waals surface area contributed by atoms with Gasteiger partial charge in [0.2, 0.25) is 0 Å². The van der Waals surface area contributed by atoms with Crippen molar-refractivity contribution in [1.29, 1.82) is 0 Å². The molecule has 0 bridgehead atoms. The largest absolute Gasteiger partial charge is 0.481 e. The Hall–Kier alpha value is -1.22. The first-order valence-electron chi connectivity index (χ1n) is 6.67. The molecule has 1 heterocycles. The van der Waals surface area contributed by atoms with Crippen molar-refractivity contribution in [2.45, 2.75) is 33.1 Å². The molecular weight excluding hydrogens is 262 g/mol. The lowest BCUT2D eigenvalue weighted by molar-refractivity contribution is -0.146. The molecular formula is C15H20ClNO2. The standard InChI is InChI=1S/C15H20ClNO2/c1-15(2,14(18)19)10-11-5-6-13(12(16)9-11)17-7-3-4-8-17/h5-6,9H,3-4,7-8,10H2,1-2H3,(H,18,19). The van der Waals surface area contributed by atoms with Gasteiger partial charge in [0.05, 0.1) is 16.1 Å². The van der Waals surface area contributed by atoms with E-state index in [0.717, 1.165) is 29.4 Å². The molecule has 0 unspecified atom stereocenters. The zero-order chi connectivity index (χ0) is 14.0.